The van der Waals surface area contributed by atoms with E-state index in [9.17, 15) is 4.79 Å². The maximum absolute atomic E-state index is 10.1. The van der Waals surface area contributed by atoms with E-state index in [1.54, 1.807) is 0 Å². The molecule has 1 atom stereocenters. The molecule has 5 nitrogen and oxygen atoms in total. The van der Waals surface area contributed by atoms with Crippen LogP contribution in [0.3, 0.4) is 0 Å². The second-order valence-electron chi connectivity index (χ2n) is 2.03. The van der Waals surface area contributed by atoms with Crippen LogP contribution in [-0.4, -0.2) is 25.3 Å². The zero-order chi connectivity index (χ0) is 7.98. The van der Waals surface area contributed by atoms with Gasteiger partial charge in [0.05, 0.1) is 6.17 Å². The molecule has 5 heteroatoms. The van der Waals surface area contributed by atoms with E-state index in [2.05, 4.69) is 10.6 Å². The quantitative estimate of drug-likeness (QED) is 0.289. The fourth-order valence-electron chi connectivity index (χ4n) is 0.486. The molecule has 0 aromatic carbocycles. The minimum atomic E-state index is -0.508. The number of rotatable bonds is 4. The van der Waals surface area contributed by atoms with Crippen LogP contribution in [0.5, 0.6) is 0 Å². The van der Waals surface area contributed by atoms with Gasteiger partial charge in [-0.25, -0.2) is 4.79 Å². The van der Waals surface area contributed by atoms with E-state index in [0.717, 1.165) is 0 Å². The molecule has 1 unspecified atom stereocenters. The van der Waals surface area contributed by atoms with Gasteiger partial charge in [0.15, 0.2) is 0 Å². The van der Waals surface area contributed by atoms with E-state index in [0.29, 0.717) is 13.1 Å². The summed E-state index contributed by atoms with van der Waals surface area (Å²) in [6, 6.07) is -0.508. The average Bonchev–Trinajstić information content (AvgIpc) is 1.79. The molecule has 0 fully saturated rings. The Morgan fingerprint density at radius 2 is 2.20 bits per heavy atom. The van der Waals surface area contributed by atoms with Crippen LogP contribution in [0.2, 0.25) is 0 Å². The summed E-state index contributed by atoms with van der Waals surface area (Å²) >= 11 is 0. The first-order chi connectivity index (χ1) is 4.63. The fourth-order valence-corrected chi connectivity index (χ4v) is 0.486. The molecule has 0 aliphatic heterocycles. The zero-order valence-corrected chi connectivity index (χ0v) is 6.05. The molecular formula is C5H14N4O. The maximum atomic E-state index is 10.1. The third-order valence-electron chi connectivity index (χ3n) is 0.891. The van der Waals surface area contributed by atoms with Crippen LogP contribution in [0.4, 0.5) is 4.79 Å². The normalized spacial score (nSPS) is 12.6. The monoisotopic (exact) mass is 146 g/mol. The van der Waals surface area contributed by atoms with Crippen LogP contribution in [-0.2, 0) is 0 Å². The Morgan fingerprint density at radius 1 is 1.60 bits per heavy atom. The van der Waals surface area contributed by atoms with Crippen molar-refractivity contribution in [2.75, 3.05) is 13.1 Å². The van der Waals surface area contributed by atoms with Gasteiger partial charge in [-0.2, -0.15) is 0 Å². The Labute approximate surface area is 60.1 Å². The molecule has 0 aromatic rings. The highest BCUT2D eigenvalue weighted by molar-refractivity contribution is 5.71. The lowest BCUT2D eigenvalue weighted by Crippen LogP contribution is -2.41. The largest absolute Gasteiger partial charge is 0.352 e. The molecule has 0 bridgehead atoms. The predicted molar refractivity (Wildman–Crippen MR) is 39.2 cm³/mol. The number of nitrogens with two attached hydrogens (primary N) is 2. The number of nitrogens with one attached hydrogen (secondary N) is 2. The number of primary amides is 1. The molecule has 0 heterocycles. The minimum Gasteiger partial charge on any atom is -0.352 e. The van der Waals surface area contributed by atoms with Gasteiger partial charge in [0.25, 0.3) is 0 Å². The third kappa shape index (κ3) is 7.19. The Balaban J connectivity index is 2.98. The molecule has 0 aliphatic rings. The Kier molecular flexibility index (Phi) is 4.61. The van der Waals surface area contributed by atoms with Crippen molar-refractivity contribution in [2.24, 2.45) is 11.5 Å². The van der Waals surface area contributed by atoms with Crippen molar-refractivity contribution in [3.05, 3.63) is 0 Å². The molecule has 0 saturated carbocycles. The van der Waals surface area contributed by atoms with E-state index >= 15 is 0 Å². The summed E-state index contributed by atoms with van der Waals surface area (Å²) in [6.07, 6.45) is -0.0466. The summed E-state index contributed by atoms with van der Waals surface area (Å²) in [7, 11) is 0. The van der Waals surface area contributed by atoms with E-state index in [4.69, 9.17) is 11.5 Å². The molecule has 0 aliphatic carbocycles. The number of urea groups is 1. The highest BCUT2D eigenvalue weighted by Crippen LogP contribution is 1.63. The van der Waals surface area contributed by atoms with Crippen molar-refractivity contribution < 1.29 is 4.79 Å². The van der Waals surface area contributed by atoms with Gasteiger partial charge in [-0.15, -0.1) is 0 Å². The van der Waals surface area contributed by atoms with Crippen molar-refractivity contribution in [1.82, 2.24) is 10.6 Å². The Bertz CT molecular complexity index is 104. The van der Waals surface area contributed by atoms with Gasteiger partial charge in [0.2, 0.25) is 0 Å². The fraction of sp³-hybridized carbons (Fsp3) is 0.800. The van der Waals surface area contributed by atoms with Crippen LogP contribution < -0.4 is 22.1 Å². The summed E-state index contributed by atoms with van der Waals surface area (Å²) in [5, 5.41) is 5.33. The standard InChI is InChI=1S/C5H14N4O/c1-4(6)8-2-3-9-5(7)10/h4,8H,2-3,6H2,1H3,(H3,7,9,10). The Hall–Kier alpha value is -0.810. The van der Waals surface area contributed by atoms with E-state index in [1.807, 2.05) is 6.92 Å². The molecule has 2 amide bonds. The molecule has 0 spiro atoms. The highest BCUT2D eigenvalue weighted by Gasteiger charge is 1.92. The first kappa shape index (κ1) is 9.19. The molecule has 0 aromatic heterocycles. The minimum absolute atomic E-state index is 0.0466. The highest BCUT2D eigenvalue weighted by atomic mass is 16.2. The number of amides is 2. The molecule has 6 N–H and O–H groups in total. The van der Waals surface area contributed by atoms with Gasteiger partial charge < -0.3 is 22.1 Å². The number of carbonyl (C=O) groups is 1. The van der Waals surface area contributed by atoms with Gasteiger partial charge in [0, 0.05) is 13.1 Å². The summed E-state index contributed by atoms with van der Waals surface area (Å²) in [4.78, 5) is 10.1. The lowest BCUT2D eigenvalue weighted by atomic mass is 10.5. The summed E-state index contributed by atoms with van der Waals surface area (Å²) in [5.74, 6) is 0. The van der Waals surface area contributed by atoms with E-state index < -0.39 is 6.03 Å². The summed E-state index contributed by atoms with van der Waals surface area (Å²) in [6.45, 7) is 2.97. The number of hydrogen-bond acceptors (Lipinski definition) is 3. The molecule has 0 saturated heterocycles. The lowest BCUT2D eigenvalue weighted by molar-refractivity contribution is 0.249. The van der Waals surface area contributed by atoms with Crippen LogP contribution in [0.25, 0.3) is 0 Å². The topological polar surface area (TPSA) is 93.2 Å². The maximum Gasteiger partial charge on any atom is 0.312 e. The second kappa shape index (κ2) is 5.01. The van der Waals surface area contributed by atoms with Crippen molar-refractivity contribution in [3.8, 4) is 0 Å². The van der Waals surface area contributed by atoms with Crippen molar-refractivity contribution in [3.63, 3.8) is 0 Å². The van der Waals surface area contributed by atoms with Gasteiger partial charge in [-0.05, 0) is 6.92 Å². The summed E-state index contributed by atoms with van der Waals surface area (Å²) < 4.78 is 0. The molecule has 10 heavy (non-hydrogen) atoms. The Morgan fingerprint density at radius 3 is 2.60 bits per heavy atom. The van der Waals surface area contributed by atoms with Crippen LogP contribution >= 0.6 is 0 Å². The van der Waals surface area contributed by atoms with Gasteiger partial charge in [0.1, 0.15) is 0 Å². The number of hydrogen-bond donors (Lipinski definition) is 4. The SMILES string of the molecule is CC(N)NCCNC(N)=O. The van der Waals surface area contributed by atoms with Crippen molar-refractivity contribution in [1.29, 1.82) is 0 Å². The second-order valence-corrected chi connectivity index (χ2v) is 2.03. The van der Waals surface area contributed by atoms with Gasteiger partial charge >= 0.3 is 6.03 Å². The molecule has 0 rings (SSSR count). The number of carbonyl (C=O) groups excluding carboxylic acids is 1. The smallest absolute Gasteiger partial charge is 0.312 e. The lowest BCUT2D eigenvalue weighted by Gasteiger charge is -2.07. The van der Waals surface area contributed by atoms with E-state index in [1.165, 1.54) is 0 Å². The van der Waals surface area contributed by atoms with Gasteiger partial charge in [-0.3, -0.25) is 0 Å². The van der Waals surface area contributed by atoms with Crippen LogP contribution in [0.1, 0.15) is 6.92 Å². The first-order valence-electron chi connectivity index (χ1n) is 3.15. The molecular weight excluding hydrogens is 132 g/mol. The molecule has 60 valence electrons. The predicted octanol–water partition coefficient (Wildman–Crippen LogP) is -1.45. The van der Waals surface area contributed by atoms with Gasteiger partial charge in [-0.1, -0.05) is 0 Å². The zero-order valence-electron chi connectivity index (χ0n) is 6.05. The average molecular weight is 146 g/mol. The first-order valence-corrected chi connectivity index (χ1v) is 3.15. The summed E-state index contributed by atoms with van der Waals surface area (Å²) in [5.41, 5.74) is 10.2. The van der Waals surface area contributed by atoms with Crippen molar-refractivity contribution >= 4 is 6.03 Å². The van der Waals surface area contributed by atoms with E-state index in [-0.39, 0.29) is 6.17 Å². The van der Waals surface area contributed by atoms with Crippen LogP contribution in [0, 0.1) is 0 Å². The third-order valence-corrected chi connectivity index (χ3v) is 0.891. The molecule has 0 radical (unpaired) electrons. The van der Waals surface area contributed by atoms with Crippen LogP contribution in [0.15, 0.2) is 0 Å². The van der Waals surface area contributed by atoms with Crippen molar-refractivity contribution in [2.45, 2.75) is 13.1 Å².